The Balaban J connectivity index is 1.58. The molecule has 0 saturated heterocycles. The Labute approximate surface area is 143 Å². The summed E-state index contributed by atoms with van der Waals surface area (Å²) in [6.45, 7) is 0.501. The molecule has 2 aromatic carbocycles. The monoisotopic (exact) mass is 372 g/mol. The second kappa shape index (κ2) is 6.96. The van der Waals surface area contributed by atoms with Crippen molar-refractivity contribution in [2.24, 2.45) is 5.92 Å². The Morgan fingerprint density at radius 2 is 1.74 bits per heavy atom. The molecule has 1 saturated carbocycles. The predicted molar refractivity (Wildman–Crippen MR) is 93.1 cm³/mol. The van der Waals surface area contributed by atoms with Gasteiger partial charge in [0.2, 0.25) is 5.91 Å². The first-order valence-electron chi connectivity index (χ1n) is 7.56. The molecule has 0 spiro atoms. The minimum absolute atomic E-state index is 0.126. The van der Waals surface area contributed by atoms with Gasteiger partial charge in [0.1, 0.15) is 0 Å². The summed E-state index contributed by atoms with van der Waals surface area (Å²) in [4.78, 5) is 23.8. The van der Waals surface area contributed by atoms with E-state index in [2.05, 4.69) is 26.6 Å². The van der Waals surface area contributed by atoms with E-state index in [1.807, 2.05) is 36.4 Å². The van der Waals surface area contributed by atoms with Crippen LogP contribution in [-0.2, 0) is 11.3 Å². The molecule has 2 N–H and O–H groups in total. The van der Waals surface area contributed by atoms with Gasteiger partial charge in [0.15, 0.2) is 0 Å². The van der Waals surface area contributed by atoms with Gasteiger partial charge in [0, 0.05) is 22.5 Å². The predicted octanol–water partition coefficient (Wildman–Crippen LogP) is 3.73. The van der Waals surface area contributed by atoms with E-state index >= 15 is 0 Å². The topological polar surface area (TPSA) is 58.2 Å². The largest absolute Gasteiger partial charge is 0.352 e. The van der Waals surface area contributed by atoms with Crippen LogP contribution < -0.4 is 10.6 Å². The van der Waals surface area contributed by atoms with E-state index in [-0.39, 0.29) is 17.7 Å². The second-order valence-corrected chi connectivity index (χ2v) is 6.48. The summed E-state index contributed by atoms with van der Waals surface area (Å²) in [5.74, 6) is 0.176. The normalized spacial score (nSPS) is 13.4. The van der Waals surface area contributed by atoms with Gasteiger partial charge in [0.05, 0.1) is 5.69 Å². The van der Waals surface area contributed by atoms with Crippen molar-refractivity contribution < 1.29 is 9.59 Å². The van der Waals surface area contributed by atoms with Crippen molar-refractivity contribution in [1.82, 2.24) is 5.32 Å². The van der Waals surface area contributed by atoms with Crippen LogP contribution in [0.5, 0.6) is 0 Å². The van der Waals surface area contributed by atoms with Gasteiger partial charge >= 0.3 is 0 Å². The van der Waals surface area contributed by atoms with Gasteiger partial charge in [-0.15, -0.1) is 0 Å². The van der Waals surface area contributed by atoms with Gasteiger partial charge in [0.25, 0.3) is 5.91 Å². The number of benzene rings is 2. The molecule has 2 amide bonds. The molecule has 4 nitrogen and oxygen atoms in total. The van der Waals surface area contributed by atoms with Crippen LogP contribution in [0.4, 0.5) is 5.69 Å². The van der Waals surface area contributed by atoms with Gasteiger partial charge in [-0.2, -0.15) is 0 Å². The molecule has 23 heavy (non-hydrogen) atoms. The van der Waals surface area contributed by atoms with Crippen molar-refractivity contribution in [2.45, 2.75) is 19.4 Å². The average Bonchev–Trinajstić information content (AvgIpc) is 3.40. The smallest absolute Gasteiger partial charge is 0.255 e. The molecule has 0 atom stereocenters. The van der Waals surface area contributed by atoms with Crippen molar-refractivity contribution in [3.05, 3.63) is 64.1 Å². The summed E-state index contributed by atoms with van der Waals surface area (Å²) in [7, 11) is 0. The molecule has 1 aliphatic carbocycles. The summed E-state index contributed by atoms with van der Waals surface area (Å²) in [6.07, 6.45) is 2.00. The van der Waals surface area contributed by atoms with Crippen molar-refractivity contribution in [2.75, 3.05) is 5.32 Å². The molecule has 3 rings (SSSR count). The number of rotatable bonds is 5. The minimum atomic E-state index is -0.162. The highest BCUT2D eigenvalue weighted by Gasteiger charge is 2.29. The van der Waals surface area contributed by atoms with E-state index in [0.717, 1.165) is 28.6 Å². The number of para-hydroxylation sites is 1. The SMILES string of the molecule is O=C(Nc1ccccc1Br)c1ccc(CNC(=O)C2CC2)cc1. The first kappa shape index (κ1) is 15.7. The zero-order chi connectivity index (χ0) is 16.2. The van der Waals surface area contributed by atoms with Crippen LogP contribution in [0.15, 0.2) is 53.0 Å². The number of anilines is 1. The van der Waals surface area contributed by atoms with Crippen LogP contribution >= 0.6 is 15.9 Å². The third kappa shape index (κ3) is 4.20. The Kier molecular flexibility index (Phi) is 4.76. The molecule has 1 fully saturated rings. The van der Waals surface area contributed by atoms with Gasteiger partial charge < -0.3 is 10.6 Å². The molecule has 1 aliphatic rings. The van der Waals surface area contributed by atoms with E-state index in [1.165, 1.54) is 0 Å². The third-order valence-electron chi connectivity index (χ3n) is 3.75. The van der Waals surface area contributed by atoms with E-state index in [0.29, 0.717) is 12.1 Å². The maximum Gasteiger partial charge on any atom is 0.255 e. The van der Waals surface area contributed by atoms with Crippen molar-refractivity contribution in [1.29, 1.82) is 0 Å². The van der Waals surface area contributed by atoms with Crippen molar-refractivity contribution >= 4 is 33.4 Å². The van der Waals surface area contributed by atoms with Gasteiger partial charge in [-0.3, -0.25) is 9.59 Å². The Hall–Kier alpha value is -2.14. The minimum Gasteiger partial charge on any atom is -0.352 e. The molecule has 0 radical (unpaired) electrons. The maximum atomic E-state index is 12.2. The molecular formula is C18H17BrN2O2. The number of hydrogen-bond acceptors (Lipinski definition) is 2. The van der Waals surface area contributed by atoms with E-state index in [9.17, 15) is 9.59 Å². The van der Waals surface area contributed by atoms with Crippen LogP contribution in [0.2, 0.25) is 0 Å². The zero-order valence-corrected chi connectivity index (χ0v) is 14.1. The Bertz CT molecular complexity index is 724. The Morgan fingerprint density at radius 3 is 2.39 bits per heavy atom. The molecule has 0 heterocycles. The van der Waals surface area contributed by atoms with Crippen LogP contribution in [-0.4, -0.2) is 11.8 Å². The van der Waals surface area contributed by atoms with Crippen LogP contribution in [0.3, 0.4) is 0 Å². The molecule has 0 unspecified atom stereocenters. The third-order valence-corrected chi connectivity index (χ3v) is 4.44. The highest BCUT2D eigenvalue weighted by atomic mass is 79.9. The van der Waals surface area contributed by atoms with Gasteiger partial charge in [-0.25, -0.2) is 0 Å². The fourth-order valence-corrected chi connectivity index (χ4v) is 2.59. The highest BCUT2D eigenvalue weighted by molar-refractivity contribution is 9.10. The molecule has 0 aliphatic heterocycles. The van der Waals surface area contributed by atoms with E-state index < -0.39 is 0 Å². The fourth-order valence-electron chi connectivity index (χ4n) is 2.21. The van der Waals surface area contributed by atoms with E-state index in [1.54, 1.807) is 12.1 Å². The lowest BCUT2D eigenvalue weighted by Gasteiger charge is -2.08. The summed E-state index contributed by atoms with van der Waals surface area (Å²) < 4.78 is 0.841. The average molecular weight is 373 g/mol. The molecule has 118 valence electrons. The zero-order valence-electron chi connectivity index (χ0n) is 12.5. The van der Waals surface area contributed by atoms with Crippen LogP contribution in [0.25, 0.3) is 0 Å². The summed E-state index contributed by atoms with van der Waals surface area (Å²) >= 11 is 3.40. The molecule has 0 aromatic heterocycles. The molecular weight excluding hydrogens is 356 g/mol. The van der Waals surface area contributed by atoms with Gasteiger partial charge in [-0.1, -0.05) is 24.3 Å². The molecule has 0 bridgehead atoms. The second-order valence-electron chi connectivity index (χ2n) is 5.62. The van der Waals surface area contributed by atoms with E-state index in [4.69, 9.17) is 0 Å². The quantitative estimate of drug-likeness (QED) is 0.839. The number of carbonyl (C=O) groups is 2. The van der Waals surface area contributed by atoms with Gasteiger partial charge in [-0.05, 0) is 58.6 Å². The van der Waals surface area contributed by atoms with Crippen LogP contribution in [0.1, 0.15) is 28.8 Å². The lowest BCUT2D eigenvalue weighted by molar-refractivity contribution is -0.122. The number of carbonyl (C=O) groups excluding carboxylic acids is 2. The number of amides is 2. The first-order valence-corrected chi connectivity index (χ1v) is 8.35. The summed E-state index contributed by atoms with van der Waals surface area (Å²) in [5.41, 5.74) is 2.30. The fraction of sp³-hybridized carbons (Fsp3) is 0.222. The van der Waals surface area contributed by atoms with Crippen LogP contribution in [0, 0.1) is 5.92 Å². The van der Waals surface area contributed by atoms with Crippen molar-refractivity contribution in [3.63, 3.8) is 0 Å². The number of halogens is 1. The summed E-state index contributed by atoms with van der Waals surface area (Å²) in [6, 6.07) is 14.7. The highest BCUT2D eigenvalue weighted by Crippen LogP contribution is 2.28. The standard InChI is InChI=1S/C18H17BrN2O2/c19-15-3-1-2-4-16(15)21-18(23)14-7-5-12(6-8-14)11-20-17(22)13-9-10-13/h1-8,13H,9-11H2,(H,20,22)(H,21,23). The number of hydrogen-bond donors (Lipinski definition) is 2. The molecule has 5 heteroatoms. The summed E-state index contributed by atoms with van der Waals surface area (Å²) in [5, 5.41) is 5.78. The lowest BCUT2D eigenvalue weighted by atomic mass is 10.1. The first-order chi connectivity index (χ1) is 11.1. The Morgan fingerprint density at radius 1 is 1.04 bits per heavy atom. The number of nitrogens with one attached hydrogen (secondary N) is 2. The lowest BCUT2D eigenvalue weighted by Crippen LogP contribution is -2.24. The van der Waals surface area contributed by atoms with Crippen molar-refractivity contribution in [3.8, 4) is 0 Å². The molecule has 2 aromatic rings. The maximum absolute atomic E-state index is 12.2.